The lowest BCUT2D eigenvalue weighted by molar-refractivity contribution is -0.384. The quantitative estimate of drug-likeness (QED) is 0.463. The molecule has 0 fully saturated rings. The number of aromatic nitrogens is 2. The van der Waals surface area contributed by atoms with Crippen molar-refractivity contribution in [2.45, 2.75) is 0 Å². The number of nitrogens with one attached hydrogen (secondary N) is 3. The maximum Gasteiger partial charge on any atom is 0.325 e. The van der Waals surface area contributed by atoms with Crippen molar-refractivity contribution in [3.63, 3.8) is 0 Å². The first-order valence-electron chi connectivity index (χ1n) is 7.58. The average Bonchev–Trinajstić information content (AvgIpc) is 2.65. The zero-order valence-electron chi connectivity index (χ0n) is 13.6. The molecule has 0 radical (unpaired) electrons. The Balaban J connectivity index is 1.69. The number of hydrogen-bond acceptors (Lipinski definition) is 6. The zero-order valence-corrected chi connectivity index (χ0v) is 13.6. The molecule has 0 aliphatic rings. The number of carbonyl (C=O) groups excluding carboxylic acids is 1. The van der Waals surface area contributed by atoms with Crippen molar-refractivity contribution in [1.82, 2.24) is 9.97 Å². The Morgan fingerprint density at radius 1 is 1.00 bits per heavy atom. The number of nitrogens with zero attached hydrogens (tertiary/aromatic N) is 1. The number of benzene rings is 2. The minimum Gasteiger partial charge on any atom is -0.457 e. The van der Waals surface area contributed by atoms with Gasteiger partial charge < -0.3 is 15.0 Å². The van der Waals surface area contributed by atoms with Crippen molar-refractivity contribution >= 4 is 17.3 Å². The van der Waals surface area contributed by atoms with E-state index in [1.807, 2.05) is 4.98 Å². The molecule has 3 N–H and O–H groups in total. The van der Waals surface area contributed by atoms with Crippen LogP contribution in [0.3, 0.4) is 0 Å². The van der Waals surface area contributed by atoms with Crippen LogP contribution in [0.25, 0.3) is 0 Å². The molecule has 0 aliphatic heterocycles. The van der Waals surface area contributed by atoms with E-state index < -0.39 is 22.1 Å². The predicted molar refractivity (Wildman–Crippen MR) is 95.2 cm³/mol. The van der Waals surface area contributed by atoms with Crippen molar-refractivity contribution in [2.24, 2.45) is 0 Å². The summed E-state index contributed by atoms with van der Waals surface area (Å²) >= 11 is 0. The zero-order chi connectivity index (χ0) is 19.4. The van der Waals surface area contributed by atoms with Crippen molar-refractivity contribution in [2.75, 3.05) is 5.32 Å². The first kappa shape index (κ1) is 17.6. The van der Waals surface area contributed by atoms with Gasteiger partial charge in [0.2, 0.25) is 0 Å². The van der Waals surface area contributed by atoms with Gasteiger partial charge in [-0.2, -0.15) is 0 Å². The molecule has 10 heteroatoms. The molecule has 0 aliphatic carbocycles. The summed E-state index contributed by atoms with van der Waals surface area (Å²) in [4.78, 5) is 49.1. The summed E-state index contributed by atoms with van der Waals surface area (Å²) in [5.74, 6) is 0.273. The van der Waals surface area contributed by atoms with Crippen LogP contribution < -0.4 is 21.3 Å². The summed E-state index contributed by atoms with van der Waals surface area (Å²) < 4.78 is 5.55. The summed E-state index contributed by atoms with van der Waals surface area (Å²) in [6.07, 6.45) is 1.10. The summed E-state index contributed by atoms with van der Waals surface area (Å²) in [5.41, 5.74) is -1.27. The highest BCUT2D eigenvalue weighted by molar-refractivity contribution is 6.04. The number of amides is 1. The van der Waals surface area contributed by atoms with Crippen LogP contribution in [-0.2, 0) is 0 Å². The number of hydrogen-bond donors (Lipinski definition) is 3. The van der Waals surface area contributed by atoms with Gasteiger partial charge in [-0.3, -0.25) is 24.7 Å². The second kappa shape index (κ2) is 7.35. The third-order valence-corrected chi connectivity index (χ3v) is 3.47. The van der Waals surface area contributed by atoms with Crippen LogP contribution >= 0.6 is 0 Å². The van der Waals surface area contributed by atoms with E-state index in [4.69, 9.17) is 4.74 Å². The Bertz CT molecular complexity index is 1100. The normalized spacial score (nSPS) is 10.2. The smallest absolute Gasteiger partial charge is 0.325 e. The van der Waals surface area contributed by atoms with E-state index in [0.29, 0.717) is 11.5 Å². The van der Waals surface area contributed by atoms with Crippen molar-refractivity contribution in [1.29, 1.82) is 0 Å². The highest BCUT2D eigenvalue weighted by Crippen LogP contribution is 2.24. The SMILES string of the molecule is O=C(Nc1c[nH]c(=O)[nH]c1=O)c1ccc(Oc2ccc([N+](=O)[O-])cc2)cc1. The van der Waals surface area contributed by atoms with E-state index in [-0.39, 0.29) is 16.9 Å². The number of non-ortho nitro benzene ring substituents is 1. The average molecular weight is 368 g/mol. The number of carbonyl (C=O) groups is 1. The highest BCUT2D eigenvalue weighted by atomic mass is 16.6. The maximum atomic E-state index is 12.2. The van der Waals surface area contributed by atoms with Crippen LogP contribution in [-0.4, -0.2) is 20.8 Å². The van der Waals surface area contributed by atoms with E-state index in [0.717, 1.165) is 6.20 Å². The molecular formula is C17H12N4O6. The Hall–Kier alpha value is -4.21. The number of aromatic amines is 2. The molecule has 136 valence electrons. The summed E-state index contributed by atoms with van der Waals surface area (Å²) in [5, 5.41) is 13.0. The minimum absolute atomic E-state index is 0.0494. The van der Waals surface area contributed by atoms with Gasteiger partial charge in [0.25, 0.3) is 17.2 Å². The first-order valence-corrected chi connectivity index (χ1v) is 7.58. The van der Waals surface area contributed by atoms with Crippen LogP contribution in [0.5, 0.6) is 11.5 Å². The Kier molecular flexibility index (Phi) is 4.79. The minimum atomic E-state index is -0.717. The monoisotopic (exact) mass is 368 g/mol. The van der Waals surface area contributed by atoms with Gasteiger partial charge in [0.05, 0.1) is 4.92 Å². The molecule has 0 saturated carbocycles. The molecule has 3 aromatic rings. The van der Waals surface area contributed by atoms with E-state index in [2.05, 4.69) is 10.3 Å². The highest BCUT2D eigenvalue weighted by Gasteiger charge is 2.10. The number of nitro groups is 1. The number of H-pyrrole nitrogens is 2. The second-order valence-electron chi connectivity index (χ2n) is 5.32. The van der Waals surface area contributed by atoms with Gasteiger partial charge in [0.15, 0.2) is 0 Å². The lowest BCUT2D eigenvalue weighted by Crippen LogP contribution is -2.26. The largest absolute Gasteiger partial charge is 0.457 e. The molecule has 1 amide bonds. The molecule has 0 atom stereocenters. The number of rotatable bonds is 5. The van der Waals surface area contributed by atoms with Crippen molar-refractivity contribution in [3.8, 4) is 11.5 Å². The number of anilines is 1. The lowest BCUT2D eigenvalue weighted by atomic mass is 10.2. The van der Waals surface area contributed by atoms with Gasteiger partial charge in [0, 0.05) is 23.9 Å². The summed E-state index contributed by atoms with van der Waals surface area (Å²) in [6.45, 7) is 0. The fourth-order valence-corrected chi connectivity index (χ4v) is 2.14. The van der Waals surface area contributed by atoms with Gasteiger partial charge in [-0.05, 0) is 36.4 Å². The number of nitro benzene ring substituents is 1. The maximum absolute atomic E-state index is 12.2. The van der Waals surface area contributed by atoms with Gasteiger partial charge >= 0.3 is 5.69 Å². The van der Waals surface area contributed by atoms with Crippen LogP contribution in [0, 0.1) is 10.1 Å². The molecule has 1 aromatic heterocycles. The van der Waals surface area contributed by atoms with Gasteiger partial charge in [-0.15, -0.1) is 0 Å². The molecule has 2 aromatic carbocycles. The Morgan fingerprint density at radius 3 is 2.15 bits per heavy atom. The van der Waals surface area contributed by atoms with Crippen LogP contribution in [0.15, 0.2) is 64.3 Å². The fraction of sp³-hybridized carbons (Fsp3) is 0. The van der Waals surface area contributed by atoms with Gasteiger partial charge in [0.1, 0.15) is 17.2 Å². The van der Waals surface area contributed by atoms with Crippen LogP contribution in [0.4, 0.5) is 11.4 Å². The molecule has 0 saturated heterocycles. The standard InChI is InChI=1S/C17H12N4O6/c22-15(19-14-9-18-17(24)20-16(14)23)10-1-5-12(6-2-10)27-13-7-3-11(4-8-13)21(25)26/h1-9H,(H,19,22)(H2,18,20,23,24). The molecule has 27 heavy (non-hydrogen) atoms. The fourth-order valence-electron chi connectivity index (χ4n) is 2.14. The molecule has 3 rings (SSSR count). The second-order valence-corrected chi connectivity index (χ2v) is 5.32. The molecule has 1 heterocycles. The summed E-state index contributed by atoms with van der Waals surface area (Å²) in [6, 6.07) is 11.6. The predicted octanol–water partition coefficient (Wildman–Crippen LogP) is 2.02. The molecule has 0 unspecified atom stereocenters. The molecule has 0 spiro atoms. The summed E-state index contributed by atoms with van der Waals surface area (Å²) in [7, 11) is 0. The van der Waals surface area contributed by atoms with Crippen LogP contribution in [0.2, 0.25) is 0 Å². The van der Waals surface area contributed by atoms with E-state index >= 15 is 0 Å². The Morgan fingerprint density at radius 2 is 1.59 bits per heavy atom. The van der Waals surface area contributed by atoms with Crippen molar-refractivity contribution < 1.29 is 14.5 Å². The van der Waals surface area contributed by atoms with E-state index in [1.54, 1.807) is 0 Å². The molecular weight excluding hydrogens is 356 g/mol. The third-order valence-electron chi connectivity index (χ3n) is 3.47. The first-order chi connectivity index (χ1) is 12.9. The Labute approximate surface area is 150 Å². The topological polar surface area (TPSA) is 147 Å². The van der Waals surface area contributed by atoms with Gasteiger partial charge in [-0.25, -0.2) is 4.79 Å². The van der Waals surface area contributed by atoms with Crippen molar-refractivity contribution in [3.05, 3.63) is 91.2 Å². The van der Waals surface area contributed by atoms with Crippen LogP contribution in [0.1, 0.15) is 10.4 Å². The number of ether oxygens (including phenoxy) is 1. The molecule has 10 nitrogen and oxygen atoms in total. The third kappa shape index (κ3) is 4.25. The van der Waals surface area contributed by atoms with Gasteiger partial charge in [-0.1, -0.05) is 0 Å². The van der Waals surface area contributed by atoms with E-state index in [9.17, 15) is 24.5 Å². The van der Waals surface area contributed by atoms with E-state index in [1.165, 1.54) is 48.5 Å². The molecule has 0 bridgehead atoms. The lowest BCUT2D eigenvalue weighted by Gasteiger charge is -2.07.